The van der Waals surface area contributed by atoms with E-state index in [4.69, 9.17) is 10.5 Å². The number of benzene rings is 2. The van der Waals surface area contributed by atoms with Crippen LogP contribution in [0.25, 0.3) is 0 Å². The van der Waals surface area contributed by atoms with Crippen molar-refractivity contribution in [2.24, 2.45) is 5.73 Å². The lowest BCUT2D eigenvalue weighted by Crippen LogP contribution is -2.10. The van der Waals surface area contributed by atoms with Crippen LogP contribution in [-0.2, 0) is 0 Å². The summed E-state index contributed by atoms with van der Waals surface area (Å²) in [6.07, 6.45) is 0.786. The van der Waals surface area contributed by atoms with E-state index in [-0.39, 0.29) is 6.04 Å². The van der Waals surface area contributed by atoms with Crippen LogP contribution >= 0.6 is 0 Å². The van der Waals surface area contributed by atoms with E-state index in [2.05, 4.69) is 6.58 Å². The lowest BCUT2D eigenvalue weighted by molar-refractivity contribution is 0.481. The Bertz CT molecular complexity index is 548. The van der Waals surface area contributed by atoms with E-state index in [1.807, 2.05) is 61.5 Å². The van der Waals surface area contributed by atoms with Gasteiger partial charge >= 0.3 is 0 Å². The van der Waals surface area contributed by atoms with E-state index in [9.17, 15) is 0 Å². The second kappa shape index (κ2) is 6.21. The third-order valence-electron chi connectivity index (χ3n) is 2.83. The van der Waals surface area contributed by atoms with Crippen molar-refractivity contribution in [2.45, 2.75) is 19.4 Å². The van der Waals surface area contributed by atoms with Crippen molar-refractivity contribution in [2.75, 3.05) is 0 Å². The zero-order valence-electron chi connectivity index (χ0n) is 11.2. The molecular formula is C17H19NO. The molecule has 0 saturated carbocycles. The zero-order valence-corrected chi connectivity index (χ0v) is 11.2. The van der Waals surface area contributed by atoms with Gasteiger partial charge in [-0.1, -0.05) is 35.9 Å². The van der Waals surface area contributed by atoms with Crippen LogP contribution in [0, 0.1) is 0 Å². The second-order valence-electron chi connectivity index (χ2n) is 4.76. The summed E-state index contributed by atoms with van der Waals surface area (Å²) in [6, 6.07) is 17.6. The van der Waals surface area contributed by atoms with Gasteiger partial charge in [0.1, 0.15) is 11.5 Å². The van der Waals surface area contributed by atoms with Gasteiger partial charge < -0.3 is 10.5 Å². The minimum Gasteiger partial charge on any atom is -0.457 e. The van der Waals surface area contributed by atoms with Crippen LogP contribution in [0.2, 0.25) is 0 Å². The summed E-state index contributed by atoms with van der Waals surface area (Å²) >= 11 is 0. The molecule has 2 aromatic rings. The molecule has 0 bridgehead atoms. The van der Waals surface area contributed by atoms with E-state index >= 15 is 0 Å². The van der Waals surface area contributed by atoms with Gasteiger partial charge in [0.2, 0.25) is 0 Å². The minimum absolute atomic E-state index is 0.0307. The highest BCUT2D eigenvalue weighted by Crippen LogP contribution is 2.25. The van der Waals surface area contributed by atoms with Gasteiger partial charge in [-0.05, 0) is 43.2 Å². The van der Waals surface area contributed by atoms with Crippen molar-refractivity contribution in [1.82, 2.24) is 0 Å². The Morgan fingerprint density at radius 1 is 1.11 bits per heavy atom. The topological polar surface area (TPSA) is 35.2 Å². The molecule has 0 aliphatic carbocycles. The fourth-order valence-electron chi connectivity index (χ4n) is 1.93. The van der Waals surface area contributed by atoms with Gasteiger partial charge in [-0.15, -0.1) is 6.58 Å². The van der Waals surface area contributed by atoms with Crippen LogP contribution in [0.4, 0.5) is 0 Å². The third-order valence-corrected chi connectivity index (χ3v) is 2.83. The first kappa shape index (κ1) is 13.4. The smallest absolute Gasteiger partial charge is 0.127 e. The summed E-state index contributed by atoms with van der Waals surface area (Å²) in [5, 5.41) is 0. The molecule has 1 atom stereocenters. The molecule has 2 nitrogen and oxygen atoms in total. The van der Waals surface area contributed by atoms with Crippen molar-refractivity contribution >= 4 is 0 Å². The van der Waals surface area contributed by atoms with Gasteiger partial charge in [-0.3, -0.25) is 0 Å². The maximum atomic E-state index is 6.14. The maximum absolute atomic E-state index is 6.14. The Labute approximate surface area is 114 Å². The first-order valence-electron chi connectivity index (χ1n) is 6.38. The van der Waals surface area contributed by atoms with E-state index in [1.54, 1.807) is 0 Å². The van der Waals surface area contributed by atoms with Crippen LogP contribution in [0.15, 0.2) is 66.7 Å². The van der Waals surface area contributed by atoms with E-state index in [0.29, 0.717) is 0 Å². The lowest BCUT2D eigenvalue weighted by Gasteiger charge is -2.13. The van der Waals surface area contributed by atoms with E-state index in [0.717, 1.165) is 29.1 Å². The van der Waals surface area contributed by atoms with Crippen molar-refractivity contribution in [1.29, 1.82) is 0 Å². The molecule has 2 heteroatoms. The standard InChI is InChI=1S/C17H19NO/c1-13(2)11-17(18)14-7-6-10-16(12-14)19-15-8-4-3-5-9-15/h3-10,12,17H,1,11,18H2,2H3/t17-/m1/s1. The molecule has 0 radical (unpaired) electrons. The Kier molecular flexibility index (Phi) is 4.37. The van der Waals surface area contributed by atoms with E-state index < -0.39 is 0 Å². The molecule has 2 rings (SSSR count). The summed E-state index contributed by atoms with van der Waals surface area (Å²) in [5.41, 5.74) is 8.29. The van der Waals surface area contributed by atoms with Gasteiger partial charge in [0, 0.05) is 6.04 Å². The monoisotopic (exact) mass is 253 g/mol. The van der Waals surface area contributed by atoms with Crippen LogP contribution in [0.1, 0.15) is 24.9 Å². The largest absolute Gasteiger partial charge is 0.457 e. The van der Waals surface area contributed by atoms with Crippen molar-refractivity contribution < 1.29 is 4.74 Å². The highest BCUT2D eigenvalue weighted by atomic mass is 16.5. The summed E-state index contributed by atoms with van der Waals surface area (Å²) in [5.74, 6) is 1.63. The molecule has 0 spiro atoms. The van der Waals surface area contributed by atoms with Crippen LogP contribution < -0.4 is 10.5 Å². The minimum atomic E-state index is -0.0307. The molecule has 19 heavy (non-hydrogen) atoms. The van der Waals surface area contributed by atoms with Gasteiger partial charge in [0.05, 0.1) is 0 Å². The van der Waals surface area contributed by atoms with Crippen LogP contribution in [0.5, 0.6) is 11.5 Å². The first-order chi connectivity index (χ1) is 9.15. The second-order valence-corrected chi connectivity index (χ2v) is 4.76. The summed E-state index contributed by atoms with van der Waals surface area (Å²) < 4.78 is 5.80. The molecule has 0 aromatic heterocycles. The highest BCUT2D eigenvalue weighted by molar-refractivity contribution is 5.35. The molecule has 0 amide bonds. The highest BCUT2D eigenvalue weighted by Gasteiger charge is 2.07. The molecule has 0 fully saturated rings. The summed E-state index contributed by atoms with van der Waals surface area (Å²) in [4.78, 5) is 0. The normalized spacial score (nSPS) is 11.9. The lowest BCUT2D eigenvalue weighted by atomic mass is 10.0. The molecule has 0 saturated heterocycles. The van der Waals surface area contributed by atoms with Gasteiger partial charge in [-0.2, -0.15) is 0 Å². The van der Waals surface area contributed by atoms with Gasteiger partial charge in [0.25, 0.3) is 0 Å². The first-order valence-corrected chi connectivity index (χ1v) is 6.38. The predicted octanol–water partition coefficient (Wildman–Crippen LogP) is 4.44. The fraction of sp³-hybridized carbons (Fsp3) is 0.176. The third kappa shape index (κ3) is 3.97. The number of para-hydroxylation sites is 1. The van der Waals surface area contributed by atoms with Crippen LogP contribution in [-0.4, -0.2) is 0 Å². The van der Waals surface area contributed by atoms with E-state index in [1.165, 1.54) is 0 Å². The summed E-state index contributed by atoms with van der Waals surface area (Å²) in [6.45, 7) is 5.89. The fourth-order valence-corrected chi connectivity index (χ4v) is 1.93. The molecule has 0 aliphatic heterocycles. The number of hydrogen-bond acceptors (Lipinski definition) is 2. The summed E-state index contributed by atoms with van der Waals surface area (Å²) in [7, 11) is 0. The Morgan fingerprint density at radius 3 is 2.47 bits per heavy atom. The molecule has 0 unspecified atom stereocenters. The average molecular weight is 253 g/mol. The van der Waals surface area contributed by atoms with Crippen molar-refractivity contribution in [3.05, 3.63) is 72.3 Å². The number of nitrogens with two attached hydrogens (primary N) is 1. The SMILES string of the molecule is C=C(C)C[C@@H](N)c1cccc(Oc2ccccc2)c1. The van der Waals surface area contributed by atoms with Gasteiger partial charge in [-0.25, -0.2) is 0 Å². The Hall–Kier alpha value is -2.06. The molecule has 2 N–H and O–H groups in total. The van der Waals surface area contributed by atoms with Crippen molar-refractivity contribution in [3.8, 4) is 11.5 Å². The molecule has 0 aliphatic rings. The Balaban J connectivity index is 2.13. The molecular weight excluding hydrogens is 234 g/mol. The van der Waals surface area contributed by atoms with Crippen molar-refractivity contribution in [3.63, 3.8) is 0 Å². The molecule has 98 valence electrons. The molecule has 2 aromatic carbocycles. The molecule has 0 heterocycles. The number of rotatable bonds is 5. The quantitative estimate of drug-likeness (QED) is 0.799. The maximum Gasteiger partial charge on any atom is 0.127 e. The average Bonchev–Trinajstić information content (AvgIpc) is 2.39. The van der Waals surface area contributed by atoms with Gasteiger partial charge in [0.15, 0.2) is 0 Å². The Morgan fingerprint density at radius 2 is 1.79 bits per heavy atom. The number of hydrogen-bond donors (Lipinski definition) is 1. The zero-order chi connectivity index (χ0) is 13.7. The number of ether oxygens (including phenoxy) is 1. The predicted molar refractivity (Wildman–Crippen MR) is 79.3 cm³/mol. The van der Waals surface area contributed by atoms with Crippen LogP contribution in [0.3, 0.4) is 0 Å².